The van der Waals surface area contributed by atoms with E-state index in [4.69, 9.17) is 0 Å². The molecule has 0 bridgehead atoms. The average molecular weight is 303 g/mol. The molecule has 0 saturated carbocycles. The Morgan fingerprint density at radius 2 is 2.00 bits per heavy atom. The van der Waals surface area contributed by atoms with Crippen LogP contribution in [0.5, 0.6) is 0 Å². The van der Waals surface area contributed by atoms with Gasteiger partial charge in [-0.05, 0) is 63.0 Å². The highest BCUT2D eigenvalue weighted by molar-refractivity contribution is 5.62. The number of piperidine rings is 1. The summed E-state index contributed by atoms with van der Waals surface area (Å²) < 4.78 is 13.0. The second-order valence-electron chi connectivity index (χ2n) is 6.13. The van der Waals surface area contributed by atoms with Crippen molar-refractivity contribution in [2.75, 3.05) is 13.1 Å². The van der Waals surface area contributed by atoms with Crippen molar-refractivity contribution in [1.82, 2.24) is 15.1 Å². The maximum absolute atomic E-state index is 13.0. The second-order valence-corrected chi connectivity index (χ2v) is 6.13. The SMILES string of the molecule is CC(O)C1CCN(Cc2cn[nH]c2-c2ccc(F)cc2)CC1. The van der Waals surface area contributed by atoms with Crippen molar-refractivity contribution in [2.45, 2.75) is 32.4 Å². The lowest BCUT2D eigenvalue weighted by atomic mass is 9.92. The number of aliphatic hydroxyl groups is 1. The van der Waals surface area contributed by atoms with Crippen molar-refractivity contribution in [2.24, 2.45) is 5.92 Å². The van der Waals surface area contributed by atoms with E-state index in [-0.39, 0.29) is 11.9 Å². The lowest BCUT2D eigenvalue weighted by Gasteiger charge is -2.33. The first-order chi connectivity index (χ1) is 10.6. The first-order valence-corrected chi connectivity index (χ1v) is 7.82. The molecule has 3 rings (SSSR count). The topological polar surface area (TPSA) is 52.1 Å². The maximum atomic E-state index is 13.0. The highest BCUT2D eigenvalue weighted by Gasteiger charge is 2.23. The summed E-state index contributed by atoms with van der Waals surface area (Å²) in [4.78, 5) is 2.39. The molecule has 22 heavy (non-hydrogen) atoms. The van der Waals surface area contributed by atoms with Crippen LogP contribution in [0.15, 0.2) is 30.5 Å². The Morgan fingerprint density at radius 1 is 1.32 bits per heavy atom. The number of hydrogen-bond acceptors (Lipinski definition) is 3. The van der Waals surface area contributed by atoms with Gasteiger partial charge in [0, 0.05) is 17.7 Å². The molecule has 1 atom stereocenters. The van der Waals surface area contributed by atoms with E-state index in [9.17, 15) is 9.50 Å². The molecule has 2 heterocycles. The van der Waals surface area contributed by atoms with Gasteiger partial charge in [-0.1, -0.05) is 0 Å². The van der Waals surface area contributed by atoms with Gasteiger partial charge in [-0.3, -0.25) is 10.00 Å². The molecule has 1 aromatic heterocycles. The molecule has 5 heteroatoms. The Morgan fingerprint density at radius 3 is 2.64 bits per heavy atom. The van der Waals surface area contributed by atoms with Crippen LogP contribution in [0.25, 0.3) is 11.3 Å². The van der Waals surface area contributed by atoms with Gasteiger partial charge in [-0.25, -0.2) is 4.39 Å². The number of rotatable bonds is 4. The quantitative estimate of drug-likeness (QED) is 0.913. The van der Waals surface area contributed by atoms with Crippen LogP contribution in [0, 0.1) is 11.7 Å². The van der Waals surface area contributed by atoms with E-state index in [1.165, 1.54) is 12.1 Å². The summed E-state index contributed by atoms with van der Waals surface area (Å²) in [6.45, 7) is 4.69. The van der Waals surface area contributed by atoms with Gasteiger partial charge in [0.2, 0.25) is 0 Å². The lowest BCUT2D eigenvalue weighted by Crippen LogP contribution is -2.36. The zero-order valence-corrected chi connectivity index (χ0v) is 12.8. The molecular weight excluding hydrogens is 281 g/mol. The number of aromatic nitrogens is 2. The summed E-state index contributed by atoms with van der Waals surface area (Å²) in [5.41, 5.74) is 3.03. The van der Waals surface area contributed by atoms with Crippen molar-refractivity contribution in [1.29, 1.82) is 0 Å². The molecule has 1 fully saturated rings. The highest BCUT2D eigenvalue weighted by atomic mass is 19.1. The Balaban J connectivity index is 1.67. The van der Waals surface area contributed by atoms with E-state index in [0.29, 0.717) is 5.92 Å². The van der Waals surface area contributed by atoms with Crippen LogP contribution in [-0.2, 0) is 6.54 Å². The molecule has 0 spiro atoms. The van der Waals surface area contributed by atoms with Crippen molar-refractivity contribution < 1.29 is 9.50 Å². The zero-order chi connectivity index (χ0) is 15.5. The van der Waals surface area contributed by atoms with Crippen molar-refractivity contribution in [3.63, 3.8) is 0 Å². The Hall–Kier alpha value is -1.72. The minimum absolute atomic E-state index is 0.217. The Labute approximate surface area is 130 Å². The van der Waals surface area contributed by atoms with Crippen LogP contribution < -0.4 is 0 Å². The van der Waals surface area contributed by atoms with Crippen LogP contribution in [0.3, 0.4) is 0 Å². The lowest BCUT2D eigenvalue weighted by molar-refractivity contribution is 0.0696. The normalized spacial score (nSPS) is 18.5. The average Bonchev–Trinajstić information content (AvgIpc) is 2.97. The van der Waals surface area contributed by atoms with Gasteiger partial charge in [0.1, 0.15) is 5.82 Å². The third kappa shape index (κ3) is 3.36. The fourth-order valence-corrected chi connectivity index (χ4v) is 3.13. The Bertz CT molecular complexity index is 601. The standard InChI is InChI=1S/C17H22FN3O/c1-12(22)13-6-8-21(9-7-13)11-15-10-19-20-17(15)14-2-4-16(18)5-3-14/h2-5,10,12-13,22H,6-9,11H2,1H3,(H,19,20). The predicted molar refractivity (Wildman–Crippen MR) is 83.7 cm³/mol. The fraction of sp³-hybridized carbons (Fsp3) is 0.471. The molecule has 4 nitrogen and oxygen atoms in total. The third-order valence-electron chi connectivity index (χ3n) is 4.56. The molecule has 118 valence electrons. The minimum Gasteiger partial charge on any atom is -0.393 e. The first-order valence-electron chi connectivity index (χ1n) is 7.82. The van der Waals surface area contributed by atoms with E-state index in [0.717, 1.165) is 49.3 Å². The summed E-state index contributed by atoms with van der Waals surface area (Å²) in [6.07, 6.45) is 3.69. The monoisotopic (exact) mass is 303 g/mol. The van der Waals surface area contributed by atoms with Crippen molar-refractivity contribution in [3.05, 3.63) is 41.8 Å². The van der Waals surface area contributed by atoms with Gasteiger partial charge in [0.15, 0.2) is 0 Å². The van der Waals surface area contributed by atoms with Gasteiger partial charge in [-0.15, -0.1) is 0 Å². The van der Waals surface area contributed by atoms with E-state index < -0.39 is 0 Å². The van der Waals surface area contributed by atoms with Crippen LogP contribution in [0.1, 0.15) is 25.3 Å². The number of likely N-dealkylation sites (tertiary alicyclic amines) is 1. The Kier molecular flexibility index (Phi) is 4.55. The van der Waals surface area contributed by atoms with Crippen molar-refractivity contribution in [3.8, 4) is 11.3 Å². The van der Waals surface area contributed by atoms with Crippen LogP contribution in [0.2, 0.25) is 0 Å². The number of halogens is 1. The first kappa shape index (κ1) is 15.2. The van der Waals surface area contributed by atoms with E-state index in [1.54, 1.807) is 12.1 Å². The van der Waals surface area contributed by atoms with E-state index in [1.807, 2.05) is 13.1 Å². The zero-order valence-electron chi connectivity index (χ0n) is 12.8. The molecule has 1 saturated heterocycles. The van der Waals surface area contributed by atoms with E-state index in [2.05, 4.69) is 15.1 Å². The molecule has 0 radical (unpaired) electrons. The fourth-order valence-electron chi connectivity index (χ4n) is 3.13. The summed E-state index contributed by atoms with van der Waals surface area (Å²) >= 11 is 0. The van der Waals surface area contributed by atoms with Crippen LogP contribution in [-0.4, -0.2) is 39.4 Å². The van der Waals surface area contributed by atoms with Crippen molar-refractivity contribution >= 4 is 0 Å². The van der Waals surface area contributed by atoms with Gasteiger partial charge in [-0.2, -0.15) is 5.10 Å². The number of benzene rings is 1. The molecule has 2 aromatic rings. The molecule has 0 aliphatic carbocycles. The number of nitrogens with zero attached hydrogens (tertiary/aromatic N) is 2. The highest BCUT2D eigenvalue weighted by Crippen LogP contribution is 2.26. The van der Waals surface area contributed by atoms with Gasteiger partial charge in [0.25, 0.3) is 0 Å². The van der Waals surface area contributed by atoms with Gasteiger partial charge >= 0.3 is 0 Å². The predicted octanol–water partition coefficient (Wildman–Crippen LogP) is 2.81. The number of hydrogen-bond donors (Lipinski definition) is 2. The molecule has 2 N–H and O–H groups in total. The minimum atomic E-state index is -0.231. The summed E-state index contributed by atoms with van der Waals surface area (Å²) in [5, 5.41) is 16.8. The number of H-pyrrole nitrogens is 1. The smallest absolute Gasteiger partial charge is 0.123 e. The van der Waals surface area contributed by atoms with Crippen LogP contribution in [0.4, 0.5) is 4.39 Å². The molecule has 1 aromatic carbocycles. The number of nitrogens with one attached hydrogen (secondary N) is 1. The largest absolute Gasteiger partial charge is 0.393 e. The van der Waals surface area contributed by atoms with Gasteiger partial charge < -0.3 is 5.11 Å². The molecule has 1 aliphatic rings. The summed E-state index contributed by atoms with van der Waals surface area (Å²) in [6, 6.07) is 6.47. The molecule has 1 unspecified atom stereocenters. The molecule has 1 aliphatic heterocycles. The van der Waals surface area contributed by atoms with Gasteiger partial charge in [0.05, 0.1) is 18.0 Å². The molecular formula is C17H22FN3O. The van der Waals surface area contributed by atoms with Crippen LogP contribution >= 0.6 is 0 Å². The van der Waals surface area contributed by atoms with E-state index >= 15 is 0 Å². The second kappa shape index (κ2) is 6.58. The summed E-state index contributed by atoms with van der Waals surface area (Å²) in [7, 11) is 0. The molecule has 0 amide bonds. The number of aromatic amines is 1. The number of aliphatic hydroxyl groups excluding tert-OH is 1. The maximum Gasteiger partial charge on any atom is 0.123 e. The summed E-state index contributed by atoms with van der Waals surface area (Å²) in [5.74, 6) is 0.183. The third-order valence-corrected chi connectivity index (χ3v) is 4.56.